The van der Waals surface area contributed by atoms with E-state index in [0.29, 0.717) is 38.1 Å². The van der Waals surface area contributed by atoms with Crippen molar-refractivity contribution in [2.45, 2.75) is 132 Å². The van der Waals surface area contributed by atoms with Gasteiger partial charge in [-0.3, -0.25) is 14.9 Å². The number of hydrogen-bond donors (Lipinski definition) is 3. The Kier molecular flexibility index (Phi) is 9.24. The van der Waals surface area contributed by atoms with Crippen LogP contribution in [-0.4, -0.2) is 68.7 Å². The molecule has 11 nitrogen and oxygen atoms in total. The maximum atomic E-state index is 13.5. The van der Waals surface area contributed by atoms with Crippen LogP contribution >= 0.6 is 0 Å². The third-order valence-electron chi connectivity index (χ3n) is 16.0. The van der Waals surface area contributed by atoms with Gasteiger partial charge >= 0.3 is 5.97 Å². The standard InChI is InChI=1S/C39H64N6O5/c1-22(2)24(5)34(7)16-17-36(9)26-12-13-29-35(8)19-49-21-39(29,27(26)14-15-37(36,10)30(34)32(47)48)18-28(31(35)50-20-38(11,40)23(3)4)45-43-33(42-44-45)41-25(6)46/h14,22-24,26,28-31H,12-13,15-21,40H2,1-11H3,(H,47,48)(H,41,43,46)/t24-,26+,28-,29+,30?,31+,34-,35-,36-,37+,38+,39+/m1/s1. The molecule has 6 rings (SSSR count). The number of allylic oxidation sites excluding steroid dienone is 1. The highest BCUT2D eigenvalue weighted by Gasteiger charge is 2.72. The van der Waals surface area contributed by atoms with E-state index >= 15 is 0 Å². The molecule has 1 amide bonds. The van der Waals surface area contributed by atoms with Gasteiger partial charge < -0.3 is 20.3 Å². The number of nitrogens with two attached hydrogens (primary N) is 1. The number of aromatic nitrogens is 4. The first kappa shape index (κ1) is 37.4. The van der Waals surface area contributed by atoms with Gasteiger partial charge in [-0.1, -0.05) is 79.1 Å². The second-order valence-electron chi connectivity index (χ2n) is 19.1. The highest BCUT2D eigenvalue weighted by Crippen LogP contribution is 2.75. The van der Waals surface area contributed by atoms with Gasteiger partial charge in [0, 0.05) is 23.3 Å². The summed E-state index contributed by atoms with van der Waals surface area (Å²) in [5.74, 6) is 0.278. The average Bonchev–Trinajstić information content (AvgIpc) is 3.47. The molecule has 0 radical (unpaired) electrons. The van der Waals surface area contributed by atoms with Crippen LogP contribution in [-0.2, 0) is 19.1 Å². The van der Waals surface area contributed by atoms with Crippen LogP contribution in [0.2, 0.25) is 0 Å². The molecule has 2 bridgehead atoms. The summed E-state index contributed by atoms with van der Waals surface area (Å²) in [6.45, 7) is 25.3. The molecule has 2 heterocycles. The summed E-state index contributed by atoms with van der Waals surface area (Å²) in [6, 6.07) is -0.271. The van der Waals surface area contributed by atoms with Gasteiger partial charge in [-0.25, -0.2) is 0 Å². The molecule has 1 aromatic heterocycles. The summed E-state index contributed by atoms with van der Waals surface area (Å²) in [5.41, 5.74) is 6.16. The SMILES string of the molecule is CC(=O)Nc1nnn([C@@H]2C[C@@]34COC[C@](C)([C@@H]3CC[C@H]3C4=CC[C@@]4(C)C(C(=O)O)[C@@](C)([C@H](C)C(C)C)CC[C@]34C)[C@H]2OC[C@](C)(N)C(C)C)n1. The fourth-order valence-electron chi connectivity index (χ4n) is 12.1. The Labute approximate surface area is 299 Å². The number of fused-ring (bicyclic) bond motifs is 3. The summed E-state index contributed by atoms with van der Waals surface area (Å²) in [4.78, 5) is 27.0. The molecule has 50 heavy (non-hydrogen) atoms. The van der Waals surface area contributed by atoms with Crippen molar-refractivity contribution in [1.29, 1.82) is 0 Å². The lowest BCUT2D eigenvalue weighted by molar-refractivity contribution is -0.253. The van der Waals surface area contributed by atoms with E-state index < -0.39 is 22.8 Å². The van der Waals surface area contributed by atoms with Crippen molar-refractivity contribution in [2.75, 3.05) is 25.1 Å². The average molecular weight is 697 g/mol. The summed E-state index contributed by atoms with van der Waals surface area (Å²) >= 11 is 0. The first-order valence-electron chi connectivity index (χ1n) is 19.2. The highest BCUT2D eigenvalue weighted by atomic mass is 16.5. The van der Waals surface area contributed by atoms with Crippen molar-refractivity contribution in [2.24, 2.45) is 68.3 Å². The zero-order valence-corrected chi connectivity index (χ0v) is 32.5. The number of rotatable bonds is 9. The molecular formula is C39H64N6O5. The largest absolute Gasteiger partial charge is 0.481 e. The van der Waals surface area contributed by atoms with E-state index in [0.717, 1.165) is 32.1 Å². The molecule has 1 saturated heterocycles. The molecule has 3 saturated carbocycles. The lowest BCUT2D eigenvalue weighted by atomic mass is 9.34. The lowest BCUT2D eigenvalue weighted by Crippen LogP contribution is -2.69. The number of anilines is 1. The number of tetrazole rings is 1. The van der Waals surface area contributed by atoms with Crippen LogP contribution in [0.1, 0.15) is 121 Å². The topological polar surface area (TPSA) is 154 Å². The zero-order chi connectivity index (χ0) is 36.8. The molecule has 5 aliphatic rings. The van der Waals surface area contributed by atoms with Gasteiger partial charge in [-0.2, -0.15) is 4.80 Å². The summed E-state index contributed by atoms with van der Waals surface area (Å²) in [5, 5.41) is 27.2. The zero-order valence-electron chi connectivity index (χ0n) is 32.5. The second kappa shape index (κ2) is 12.4. The van der Waals surface area contributed by atoms with Crippen LogP contribution in [0.5, 0.6) is 0 Å². The molecule has 0 aromatic carbocycles. The Hall–Kier alpha value is -2.37. The summed E-state index contributed by atoms with van der Waals surface area (Å²) in [7, 11) is 0. The van der Waals surface area contributed by atoms with Gasteiger partial charge in [-0.05, 0) is 96.5 Å². The van der Waals surface area contributed by atoms with Crippen molar-refractivity contribution in [3.63, 3.8) is 0 Å². The normalized spacial score (nSPS) is 42.8. The smallest absolute Gasteiger partial charge is 0.307 e. The van der Waals surface area contributed by atoms with Gasteiger partial charge in [0.05, 0.1) is 31.8 Å². The predicted octanol–water partition coefficient (Wildman–Crippen LogP) is 6.52. The Morgan fingerprint density at radius 1 is 1.12 bits per heavy atom. The van der Waals surface area contributed by atoms with Gasteiger partial charge in [0.25, 0.3) is 5.95 Å². The third-order valence-corrected chi connectivity index (χ3v) is 16.0. The molecule has 1 aromatic rings. The van der Waals surface area contributed by atoms with Crippen molar-refractivity contribution >= 4 is 17.8 Å². The van der Waals surface area contributed by atoms with E-state index in [9.17, 15) is 14.7 Å². The Morgan fingerprint density at radius 3 is 2.44 bits per heavy atom. The van der Waals surface area contributed by atoms with Gasteiger partial charge in [0.1, 0.15) is 6.04 Å². The van der Waals surface area contributed by atoms with Crippen LogP contribution in [0, 0.1) is 62.6 Å². The first-order chi connectivity index (χ1) is 23.2. The molecule has 11 heteroatoms. The van der Waals surface area contributed by atoms with Crippen molar-refractivity contribution < 1.29 is 24.2 Å². The molecule has 1 aliphatic heterocycles. The fraction of sp³-hybridized carbons (Fsp3) is 0.872. The van der Waals surface area contributed by atoms with E-state index in [1.165, 1.54) is 12.5 Å². The van der Waals surface area contributed by atoms with Crippen LogP contribution in [0.4, 0.5) is 5.95 Å². The van der Waals surface area contributed by atoms with Gasteiger partial charge in [0.15, 0.2) is 0 Å². The lowest BCUT2D eigenvalue weighted by Gasteiger charge is -2.71. The van der Waals surface area contributed by atoms with Crippen LogP contribution in [0.25, 0.3) is 0 Å². The first-order valence-corrected chi connectivity index (χ1v) is 19.2. The van der Waals surface area contributed by atoms with Crippen LogP contribution < -0.4 is 11.1 Å². The van der Waals surface area contributed by atoms with E-state index in [1.807, 2.05) is 6.92 Å². The van der Waals surface area contributed by atoms with Gasteiger partial charge in [-0.15, -0.1) is 5.10 Å². The molecule has 12 atom stereocenters. The minimum Gasteiger partial charge on any atom is -0.481 e. The summed E-state index contributed by atoms with van der Waals surface area (Å²) < 4.78 is 13.6. The number of carboxylic acids is 1. The Bertz CT molecular complexity index is 1520. The number of carbonyl (C=O) groups excluding carboxylic acids is 1. The fourth-order valence-corrected chi connectivity index (χ4v) is 12.1. The third kappa shape index (κ3) is 5.33. The second-order valence-corrected chi connectivity index (χ2v) is 19.1. The maximum Gasteiger partial charge on any atom is 0.307 e. The monoisotopic (exact) mass is 696 g/mol. The number of ether oxygens (including phenoxy) is 2. The number of carbonyl (C=O) groups is 2. The Balaban J connectivity index is 1.45. The highest BCUT2D eigenvalue weighted by molar-refractivity contribution is 5.86. The number of carboxylic acid groups (broad SMARTS) is 1. The van der Waals surface area contributed by atoms with E-state index in [4.69, 9.17) is 20.3 Å². The summed E-state index contributed by atoms with van der Waals surface area (Å²) in [6.07, 6.45) is 7.55. The van der Waals surface area contributed by atoms with Gasteiger partial charge in [0.2, 0.25) is 5.91 Å². The number of aliphatic carboxylic acids is 1. The van der Waals surface area contributed by atoms with E-state index in [2.05, 4.69) is 84.0 Å². The van der Waals surface area contributed by atoms with Crippen molar-refractivity contribution in [3.8, 4) is 0 Å². The minimum absolute atomic E-state index is 0.176. The molecule has 4 aliphatic carbocycles. The van der Waals surface area contributed by atoms with E-state index in [-0.39, 0.29) is 63.4 Å². The quantitative estimate of drug-likeness (QED) is 0.245. The van der Waals surface area contributed by atoms with Crippen LogP contribution in [0.3, 0.4) is 0 Å². The molecule has 0 spiro atoms. The van der Waals surface area contributed by atoms with Crippen LogP contribution in [0.15, 0.2) is 11.6 Å². The number of amides is 1. The number of nitrogens with one attached hydrogen (secondary N) is 1. The minimum atomic E-state index is -0.649. The molecule has 4 fully saturated rings. The van der Waals surface area contributed by atoms with Crippen molar-refractivity contribution in [1.82, 2.24) is 20.2 Å². The molecular weight excluding hydrogens is 632 g/mol. The molecule has 1 unspecified atom stereocenters. The molecule has 4 N–H and O–H groups in total. The molecule has 280 valence electrons. The Morgan fingerprint density at radius 2 is 1.82 bits per heavy atom. The number of nitrogens with zero attached hydrogens (tertiary/aromatic N) is 4. The predicted molar refractivity (Wildman–Crippen MR) is 192 cm³/mol. The van der Waals surface area contributed by atoms with Crippen molar-refractivity contribution in [3.05, 3.63) is 11.6 Å². The maximum absolute atomic E-state index is 13.5. The van der Waals surface area contributed by atoms with E-state index in [1.54, 1.807) is 4.80 Å². The number of hydrogen-bond acceptors (Lipinski definition) is 8.